The van der Waals surface area contributed by atoms with E-state index in [9.17, 15) is 16.8 Å². The Morgan fingerprint density at radius 2 is 1.30 bits per heavy atom. The number of aryl methyl sites for hydroxylation is 1. The molecule has 2 aromatic rings. The summed E-state index contributed by atoms with van der Waals surface area (Å²) in [6, 6.07) is 12.9. The largest absolute Gasteiger partial charge is 0.243 e. The lowest BCUT2D eigenvalue weighted by Gasteiger charge is -2.17. The van der Waals surface area contributed by atoms with E-state index in [1.807, 2.05) is 31.2 Å². The normalized spacial score (nSPS) is 12.5. The summed E-state index contributed by atoms with van der Waals surface area (Å²) in [5.74, 6) is 0. The van der Waals surface area contributed by atoms with Crippen LogP contribution < -0.4 is 0 Å². The lowest BCUT2D eigenvalue weighted by Crippen LogP contribution is -2.26. The van der Waals surface area contributed by atoms with Gasteiger partial charge in [0.25, 0.3) is 0 Å². The summed E-state index contributed by atoms with van der Waals surface area (Å²) in [6.07, 6.45) is 1.08. The van der Waals surface area contributed by atoms with E-state index in [4.69, 9.17) is 0 Å². The SMILES string of the molecule is Cc1ccc(CN(C)S(=O)(=O)c2ccc(S(C)(=O)=O)cc2)cc1. The van der Waals surface area contributed by atoms with E-state index in [2.05, 4.69) is 0 Å². The van der Waals surface area contributed by atoms with Crippen molar-refractivity contribution in [1.82, 2.24) is 4.31 Å². The lowest BCUT2D eigenvalue weighted by molar-refractivity contribution is 0.466. The molecule has 0 radical (unpaired) electrons. The molecule has 0 spiro atoms. The van der Waals surface area contributed by atoms with Gasteiger partial charge in [0.2, 0.25) is 10.0 Å². The second-order valence-electron chi connectivity index (χ2n) is 5.49. The molecular formula is C16H19NO4S2. The molecule has 0 bridgehead atoms. The molecule has 2 rings (SSSR count). The highest BCUT2D eigenvalue weighted by molar-refractivity contribution is 7.90. The third kappa shape index (κ3) is 4.19. The fourth-order valence-electron chi connectivity index (χ4n) is 2.07. The standard InChI is InChI=1S/C16H19NO4S2/c1-13-4-6-14(7-5-13)12-17(2)23(20,21)16-10-8-15(9-11-16)22(3,18)19/h4-11H,12H2,1-3H3. The summed E-state index contributed by atoms with van der Waals surface area (Å²) < 4.78 is 49.2. The van der Waals surface area contributed by atoms with Gasteiger partial charge in [-0.1, -0.05) is 29.8 Å². The number of sulfone groups is 1. The first kappa shape index (κ1) is 17.7. The Morgan fingerprint density at radius 1 is 0.826 bits per heavy atom. The predicted molar refractivity (Wildman–Crippen MR) is 89.4 cm³/mol. The maximum Gasteiger partial charge on any atom is 0.243 e. The molecular weight excluding hydrogens is 334 g/mol. The molecule has 7 heteroatoms. The Morgan fingerprint density at radius 3 is 1.78 bits per heavy atom. The highest BCUT2D eigenvalue weighted by atomic mass is 32.2. The number of hydrogen-bond donors (Lipinski definition) is 0. The summed E-state index contributed by atoms with van der Waals surface area (Å²) in [5, 5.41) is 0. The molecule has 0 saturated carbocycles. The van der Waals surface area contributed by atoms with Crippen LogP contribution in [-0.2, 0) is 26.4 Å². The van der Waals surface area contributed by atoms with Crippen LogP contribution in [0.2, 0.25) is 0 Å². The minimum atomic E-state index is -3.67. The van der Waals surface area contributed by atoms with Crippen molar-refractivity contribution in [2.24, 2.45) is 0 Å². The Bertz CT molecular complexity index is 884. The minimum absolute atomic E-state index is 0.0690. The predicted octanol–water partition coefficient (Wildman–Crippen LogP) is 2.22. The lowest BCUT2D eigenvalue weighted by atomic mass is 10.1. The van der Waals surface area contributed by atoms with E-state index < -0.39 is 19.9 Å². The molecule has 0 aliphatic heterocycles. The van der Waals surface area contributed by atoms with E-state index in [0.29, 0.717) is 0 Å². The number of rotatable bonds is 5. The first-order chi connectivity index (χ1) is 10.6. The zero-order valence-corrected chi connectivity index (χ0v) is 14.9. The van der Waals surface area contributed by atoms with Gasteiger partial charge in [0.15, 0.2) is 9.84 Å². The first-order valence-electron chi connectivity index (χ1n) is 6.93. The maximum absolute atomic E-state index is 12.5. The third-order valence-corrected chi connectivity index (χ3v) is 6.43. The van der Waals surface area contributed by atoms with Crippen LogP contribution in [0.3, 0.4) is 0 Å². The van der Waals surface area contributed by atoms with Crippen molar-refractivity contribution in [1.29, 1.82) is 0 Å². The van der Waals surface area contributed by atoms with Crippen LogP contribution in [0.25, 0.3) is 0 Å². The highest BCUT2D eigenvalue weighted by Crippen LogP contribution is 2.19. The molecule has 23 heavy (non-hydrogen) atoms. The van der Waals surface area contributed by atoms with Gasteiger partial charge in [0, 0.05) is 19.8 Å². The van der Waals surface area contributed by atoms with E-state index in [0.717, 1.165) is 17.4 Å². The van der Waals surface area contributed by atoms with E-state index in [1.54, 1.807) is 0 Å². The Hall–Kier alpha value is -1.70. The Balaban J connectivity index is 2.25. The molecule has 0 aromatic heterocycles. The van der Waals surface area contributed by atoms with Gasteiger partial charge in [0.1, 0.15) is 0 Å². The van der Waals surface area contributed by atoms with Gasteiger partial charge in [-0.15, -0.1) is 0 Å². The van der Waals surface area contributed by atoms with Crippen molar-refractivity contribution < 1.29 is 16.8 Å². The van der Waals surface area contributed by atoms with Gasteiger partial charge in [-0.05, 0) is 36.8 Å². The van der Waals surface area contributed by atoms with Crippen molar-refractivity contribution in [2.45, 2.75) is 23.3 Å². The molecule has 0 saturated heterocycles. The molecule has 124 valence electrons. The van der Waals surface area contributed by atoms with Gasteiger partial charge < -0.3 is 0 Å². The monoisotopic (exact) mass is 353 g/mol. The number of hydrogen-bond acceptors (Lipinski definition) is 4. The fourth-order valence-corrected chi connectivity index (χ4v) is 3.86. The second-order valence-corrected chi connectivity index (χ2v) is 9.55. The Labute approximate surface area is 137 Å². The molecule has 0 heterocycles. The van der Waals surface area contributed by atoms with Crippen molar-refractivity contribution in [3.63, 3.8) is 0 Å². The van der Waals surface area contributed by atoms with Crippen molar-refractivity contribution >= 4 is 19.9 Å². The molecule has 0 atom stereocenters. The van der Waals surface area contributed by atoms with E-state index in [1.165, 1.54) is 35.6 Å². The molecule has 5 nitrogen and oxygen atoms in total. The van der Waals surface area contributed by atoms with E-state index >= 15 is 0 Å². The van der Waals surface area contributed by atoms with E-state index in [-0.39, 0.29) is 16.3 Å². The fraction of sp³-hybridized carbons (Fsp3) is 0.250. The third-order valence-electron chi connectivity index (χ3n) is 3.49. The molecule has 0 unspecified atom stereocenters. The van der Waals surface area contributed by atoms with Crippen LogP contribution in [0.5, 0.6) is 0 Å². The number of nitrogens with zero attached hydrogens (tertiary/aromatic N) is 1. The zero-order chi connectivity index (χ0) is 17.3. The molecule has 0 N–H and O–H groups in total. The van der Waals surface area contributed by atoms with Gasteiger partial charge in [-0.2, -0.15) is 4.31 Å². The summed E-state index contributed by atoms with van der Waals surface area (Å²) >= 11 is 0. The molecule has 0 aliphatic carbocycles. The van der Waals surface area contributed by atoms with Crippen molar-refractivity contribution in [2.75, 3.05) is 13.3 Å². The van der Waals surface area contributed by atoms with Crippen LogP contribution in [0, 0.1) is 6.92 Å². The number of benzene rings is 2. The van der Waals surface area contributed by atoms with Crippen molar-refractivity contribution in [3.8, 4) is 0 Å². The maximum atomic E-state index is 12.5. The number of sulfonamides is 1. The summed E-state index contributed by atoms with van der Waals surface area (Å²) in [6.45, 7) is 2.21. The smallest absolute Gasteiger partial charge is 0.224 e. The van der Waals surface area contributed by atoms with Crippen LogP contribution in [-0.4, -0.2) is 34.4 Å². The van der Waals surface area contributed by atoms with Gasteiger partial charge in [-0.3, -0.25) is 0 Å². The topological polar surface area (TPSA) is 71.5 Å². The minimum Gasteiger partial charge on any atom is -0.224 e. The van der Waals surface area contributed by atoms with Crippen LogP contribution >= 0.6 is 0 Å². The molecule has 2 aromatic carbocycles. The van der Waals surface area contributed by atoms with Crippen LogP contribution in [0.15, 0.2) is 58.3 Å². The van der Waals surface area contributed by atoms with Crippen LogP contribution in [0.4, 0.5) is 0 Å². The molecule has 0 amide bonds. The summed E-state index contributed by atoms with van der Waals surface area (Å²) in [7, 11) is -5.52. The summed E-state index contributed by atoms with van der Waals surface area (Å²) in [4.78, 5) is 0.164. The Kier molecular flexibility index (Phi) is 4.93. The van der Waals surface area contributed by atoms with Gasteiger partial charge in [0.05, 0.1) is 9.79 Å². The molecule has 0 aliphatic rings. The zero-order valence-electron chi connectivity index (χ0n) is 13.2. The van der Waals surface area contributed by atoms with Crippen LogP contribution in [0.1, 0.15) is 11.1 Å². The van der Waals surface area contributed by atoms with Gasteiger partial charge in [-0.25, -0.2) is 16.8 Å². The van der Waals surface area contributed by atoms with Crippen molar-refractivity contribution in [3.05, 3.63) is 59.7 Å². The summed E-state index contributed by atoms with van der Waals surface area (Å²) in [5.41, 5.74) is 1.99. The average Bonchev–Trinajstić information content (AvgIpc) is 2.48. The first-order valence-corrected chi connectivity index (χ1v) is 10.3. The quantitative estimate of drug-likeness (QED) is 0.826. The second kappa shape index (κ2) is 6.43. The molecule has 0 fully saturated rings. The average molecular weight is 353 g/mol. The highest BCUT2D eigenvalue weighted by Gasteiger charge is 2.21. The van der Waals surface area contributed by atoms with Gasteiger partial charge >= 0.3 is 0 Å².